The van der Waals surface area contributed by atoms with Crippen LogP contribution in [0.25, 0.3) is 16.8 Å². The van der Waals surface area contributed by atoms with Crippen LogP contribution in [0.4, 0.5) is 19.1 Å². The number of fused-ring (bicyclic) bond motifs is 1. The normalized spacial score (nSPS) is 17.1. The molecule has 1 aliphatic heterocycles. The number of amides is 1. The van der Waals surface area contributed by atoms with Crippen LogP contribution in [0.15, 0.2) is 30.7 Å². The zero-order valence-electron chi connectivity index (χ0n) is 14.9. The zero-order chi connectivity index (χ0) is 19.9. The van der Waals surface area contributed by atoms with Gasteiger partial charge in [-0.25, -0.2) is 4.98 Å². The molecule has 1 atom stereocenters. The Balaban J connectivity index is 1.78. The molecular weight excluding hydrogens is 373 g/mol. The molecule has 1 saturated heterocycles. The van der Waals surface area contributed by atoms with Crippen LogP contribution >= 0.6 is 0 Å². The van der Waals surface area contributed by atoms with Crippen molar-refractivity contribution in [3.8, 4) is 11.3 Å². The molecule has 2 N–H and O–H groups in total. The maximum absolute atomic E-state index is 13.0. The molecule has 1 fully saturated rings. The van der Waals surface area contributed by atoms with Crippen molar-refractivity contribution in [1.29, 1.82) is 0 Å². The molecule has 0 aliphatic carbocycles. The number of imidazole rings is 1. The van der Waals surface area contributed by atoms with Gasteiger partial charge in [0.2, 0.25) is 11.9 Å². The van der Waals surface area contributed by atoms with Crippen LogP contribution in [0.5, 0.6) is 0 Å². The highest BCUT2D eigenvalue weighted by Crippen LogP contribution is 2.32. The molecule has 0 bridgehead atoms. The average molecular weight is 390 g/mol. The largest absolute Gasteiger partial charge is 0.393 e. The molecule has 0 radical (unpaired) electrons. The topological polar surface area (TPSA) is 84.2 Å². The maximum Gasteiger partial charge on any atom is 0.393 e. The molecule has 10 heteroatoms. The van der Waals surface area contributed by atoms with E-state index in [0.717, 1.165) is 5.56 Å². The maximum atomic E-state index is 13.0. The lowest BCUT2D eigenvalue weighted by Gasteiger charge is -2.15. The Morgan fingerprint density at radius 3 is 2.86 bits per heavy atom. The lowest BCUT2D eigenvalue weighted by atomic mass is 9.98. The van der Waals surface area contributed by atoms with Gasteiger partial charge in [-0.3, -0.25) is 9.20 Å². The summed E-state index contributed by atoms with van der Waals surface area (Å²) >= 11 is 0. The van der Waals surface area contributed by atoms with E-state index in [0.29, 0.717) is 35.7 Å². The quantitative estimate of drug-likeness (QED) is 0.715. The van der Waals surface area contributed by atoms with Gasteiger partial charge in [0.1, 0.15) is 18.1 Å². The Morgan fingerprint density at radius 1 is 1.32 bits per heavy atom. The number of rotatable bonds is 4. The number of aryl methyl sites for hydroxylation is 1. The summed E-state index contributed by atoms with van der Waals surface area (Å²) in [5, 5.41) is 14.0. The Morgan fingerprint density at radius 2 is 2.14 bits per heavy atom. The second kappa shape index (κ2) is 6.77. The number of anilines is 1. The highest BCUT2D eigenvalue weighted by molar-refractivity contribution is 5.86. The predicted molar refractivity (Wildman–Crippen MR) is 95.8 cm³/mol. The Bertz CT molecular complexity index is 1050. The number of alkyl halides is 3. The highest BCUT2D eigenvalue weighted by atomic mass is 19.4. The van der Waals surface area contributed by atoms with Crippen LogP contribution < -0.4 is 10.6 Å². The Kier molecular flexibility index (Phi) is 4.40. The number of carbonyl (C=O) groups is 1. The first-order valence-electron chi connectivity index (χ1n) is 8.71. The van der Waals surface area contributed by atoms with E-state index in [1.165, 1.54) is 18.6 Å². The molecule has 0 saturated carbocycles. The first-order chi connectivity index (χ1) is 13.3. The Hall–Kier alpha value is -3.17. The van der Waals surface area contributed by atoms with Crippen LogP contribution in [-0.2, 0) is 11.2 Å². The number of aromatic nitrogens is 4. The van der Waals surface area contributed by atoms with Crippen molar-refractivity contribution < 1.29 is 18.0 Å². The number of hydrogen-bond acceptors (Lipinski definition) is 5. The van der Waals surface area contributed by atoms with Crippen LogP contribution in [-0.4, -0.2) is 44.3 Å². The van der Waals surface area contributed by atoms with Crippen molar-refractivity contribution in [3.63, 3.8) is 0 Å². The van der Waals surface area contributed by atoms with Crippen LogP contribution in [0.3, 0.4) is 0 Å². The number of benzene rings is 1. The number of hydrogen-bond donors (Lipinski definition) is 2. The van der Waals surface area contributed by atoms with Crippen molar-refractivity contribution in [1.82, 2.24) is 24.9 Å². The third-order valence-electron chi connectivity index (χ3n) is 4.61. The fourth-order valence-electron chi connectivity index (χ4n) is 3.33. The van der Waals surface area contributed by atoms with Crippen molar-refractivity contribution in [3.05, 3.63) is 41.9 Å². The minimum absolute atomic E-state index is 0.126. The minimum Gasteiger partial charge on any atom is -0.354 e. The second-order valence-electron chi connectivity index (χ2n) is 6.75. The minimum atomic E-state index is -4.34. The van der Waals surface area contributed by atoms with Crippen LogP contribution in [0.1, 0.15) is 17.5 Å². The van der Waals surface area contributed by atoms with Crippen molar-refractivity contribution in [2.45, 2.75) is 32.0 Å². The van der Waals surface area contributed by atoms with Gasteiger partial charge in [0.05, 0.1) is 18.1 Å². The third-order valence-corrected chi connectivity index (χ3v) is 4.61. The monoisotopic (exact) mass is 390 g/mol. The molecule has 3 heterocycles. The van der Waals surface area contributed by atoms with Crippen LogP contribution in [0, 0.1) is 6.92 Å². The summed E-state index contributed by atoms with van der Waals surface area (Å²) in [5.74, 6) is 0.174. The van der Waals surface area contributed by atoms with E-state index in [9.17, 15) is 18.0 Å². The van der Waals surface area contributed by atoms with Crippen molar-refractivity contribution >= 4 is 17.4 Å². The lowest BCUT2D eigenvalue weighted by Crippen LogP contribution is -2.30. The summed E-state index contributed by atoms with van der Waals surface area (Å²) in [6, 6.07) is 4.42. The number of nitrogens with zero attached hydrogens (tertiary/aromatic N) is 4. The zero-order valence-corrected chi connectivity index (χ0v) is 14.9. The summed E-state index contributed by atoms with van der Waals surface area (Å²) in [6.07, 6.45) is -1.80. The van der Waals surface area contributed by atoms with E-state index in [4.69, 9.17) is 0 Å². The predicted octanol–water partition coefficient (Wildman–Crippen LogP) is 2.50. The van der Waals surface area contributed by atoms with Gasteiger partial charge >= 0.3 is 6.18 Å². The first kappa shape index (κ1) is 18.2. The molecule has 1 aromatic carbocycles. The number of halogens is 3. The van der Waals surface area contributed by atoms with Gasteiger partial charge < -0.3 is 10.6 Å². The molecule has 28 heavy (non-hydrogen) atoms. The molecular formula is C18H17F3N6O. The highest BCUT2D eigenvalue weighted by Gasteiger charge is 2.30. The van der Waals surface area contributed by atoms with Crippen LogP contribution in [0.2, 0.25) is 0 Å². The summed E-state index contributed by atoms with van der Waals surface area (Å²) in [7, 11) is 0. The molecule has 1 amide bonds. The Labute approximate surface area is 158 Å². The molecule has 0 spiro atoms. The summed E-state index contributed by atoms with van der Waals surface area (Å²) in [5.41, 5.74) is 2.01. The number of nitrogens with one attached hydrogen (secondary N) is 2. The van der Waals surface area contributed by atoms with E-state index >= 15 is 0 Å². The van der Waals surface area contributed by atoms with Gasteiger partial charge in [0, 0.05) is 12.1 Å². The van der Waals surface area contributed by atoms with Gasteiger partial charge in [-0.1, -0.05) is 23.8 Å². The van der Waals surface area contributed by atoms with E-state index in [2.05, 4.69) is 25.8 Å². The molecule has 4 rings (SSSR count). The average Bonchev–Trinajstić information content (AvgIpc) is 3.24. The fourth-order valence-corrected chi connectivity index (χ4v) is 3.33. The molecule has 1 unspecified atom stereocenters. The molecule has 146 valence electrons. The van der Waals surface area contributed by atoms with Gasteiger partial charge in [-0.2, -0.15) is 13.2 Å². The van der Waals surface area contributed by atoms with E-state index < -0.39 is 18.6 Å². The van der Waals surface area contributed by atoms with Crippen molar-refractivity contribution in [2.75, 3.05) is 11.9 Å². The second-order valence-corrected chi connectivity index (χ2v) is 6.75. The molecule has 2 aromatic heterocycles. The molecule has 3 aromatic rings. The van der Waals surface area contributed by atoms with E-state index in [-0.39, 0.29) is 11.5 Å². The fraction of sp³-hybridized carbons (Fsp3) is 0.333. The third kappa shape index (κ3) is 3.49. The van der Waals surface area contributed by atoms with E-state index in [1.807, 2.05) is 0 Å². The molecule has 1 aliphatic rings. The van der Waals surface area contributed by atoms with Crippen molar-refractivity contribution in [2.24, 2.45) is 0 Å². The van der Waals surface area contributed by atoms with Gasteiger partial charge in [0.15, 0.2) is 0 Å². The molecule has 7 nitrogen and oxygen atoms in total. The van der Waals surface area contributed by atoms with Gasteiger partial charge in [0.25, 0.3) is 0 Å². The smallest absolute Gasteiger partial charge is 0.354 e. The number of carbonyl (C=O) groups excluding carboxylic acids is 1. The lowest BCUT2D eigenvalue weighted by molar-refractivity contribution is -0.127. The standard InChI is InChI=1S/C18H17F3N6O/c1-10-2-3-12(11(6-10)7-18(19,20)21)15-14-8-22-9-27(14)17(26-25-15)24-13-4-5-23-16(13)28/h2-3,6,8-9,13H,4-5,7H2,1H3,(H,23,28)(H,24,26). The summed E-state index contributed by atoms with van der Waals surface area (Å²) in [4.78, 5) is 15.9. The summed E-state index contributed by atoms with van der Waals surface area (Å²) < 4.78 is 40.7. The van der Waals surface area contributed by atoms with E-state index in [1.54, 1.807) is 23.5 Å². The first-order valence-corrected chi connectivity index (χ1v) is 8.71. The summed E-state index contributed by atoms with van der Waals surface area (Å²) in [6.45, 7) is 2.31. The van der Waals surface area contributed by atoms with Gasteiger partial charge in [-0.05, 0) is 18.9 Å². The SMILES string of the molecule is Cc1ccc(-c2nnc(NC3CCNC3=O)n3cncc23)c(CC(F)(F)F)c1. The van der Waals surface area contributed by atoms with Gasteiger partial charge in [-0.15, -0.1) is 10.2 Å².